The van der Waals surface area contributed by atoms with Crippen molar-refractivity contribution < 1.29 is 33.3 Å². The fourth-order valence-corrected chi connectivity index (χ4v) is 4.76. The number of nitrogens with zero attached hydrogens (tertiary/aromatic N) is 3. The van der Waals surface area contributed by atoms with Crippen LogP contribution in [0.1, 0.15) is 10.4 Å². The molecule has 10 nitrogen and oxygen atoms in total. The first-order chi connectivity index (χ1) is 18.4. The molecule has 38 heavy (non-hydrogen) atoms. The van der Waals surface area contributed by atoms with Gasteiger partial charge in [-0.05, 0) is 36.4 Å². The summed E-state index contributed by atoms with van der Waals surface area (Å²) in [5.74, 6) is 1.78. The minimum Gasteiger partial charge on any atom is -0.493 e. The van der Waals surface area contributed by atoms with E-state index in [2.05, 4.69) is 4.90 Å². The zero-order valence-corrected chi connectivity index (χ0v) is 22.7. The second-order valence-electron chi connectivity index (χ2n) is 9.08. The summed E-state index contributed by atoms with van der Waals surface area (Å²) in [4.78, 5) is 31.8. The number of ether oxygens (including phenoxy) is 5. The van der Waals surface area contributed by atoms with Crippen LogP contribution in [-0.2, 0) is 9.53 Å². The number of carbonyl (C=O) groups excluding carboxylic acids is 2. The fourth-order valence-electron chi connectivity index (χ4n) is 4.63. The van der Waals surface area contributed by atoms with E-state index >= 15 is 0 Å². The van der Waals surface area contributed by atoms with E-state index in [0.29, 0.717) is 86.0 Å². The van der Waals surface area contributed by atoms with Crippen molar-refractivity contribution in [1.29, 1.82) is 0 Å². The molecule has 11 heteroatoms. The molecule has 2 aromatic rings. The van der Waals surface area contributed by atoms with Crippen LogP contribution in [0.4, 0.5) is 0 Å². The zero-order valence-electron chi connectivity index (χ0n) is 22.0. The lowest BCUT2D eigenvalue weighted by Crippen LogP contribution is -2.54. The zero-order chi connectivity index (χ0) is 27.1. The molecule has 0 saturated carbocycles. The molecule has 2 aliphatic heterocycles. The van der Waals surface area contributed by atoms with E-state index in [1.165, 1.54) is 21.3 Å². The molecule has 0 bridgehead atoms. The maximum atomic E-state index is 13.2. The second-order valence-corrected chi connectivity index (χ2v) is 9.52. The Morgan fingerprint density at radius 1 is 0.921 bits per heavy atom. The van der Waals surface area contributed by atoms with Gasteiger partial charge in [0.15, 0.2) is 18.1 Å². The summed E-state index contributed by atoms with van der Waals surface area (Å²) < 4.78 is 27.7. The number of methoxy groups -OCH3 is 3. The summed E-state index contributed by atoms with van der Waals surface area (Å²) in [7, 11) is 4.58. The van der Waals surface area contributed by atoms with Gasteiger partial charge in [0.1, 0.15) is 5.75 Å². The molecule has 2 heterocycles. The smallest absolute Gasteiger partial charge is 0.260 e. The molecule has 2 fully saturated rings. The highest BCUT2D eigenvalue weighted by Crippen LogP contribution is 2.38. The molecule has 0 unspecified atom stereocenters. The molecule has 2 aliphatic rings. The predicted octanol–water partition coefficient (Wildman–Crippen LogP) is 2.43. The van der Waals surface area contributed by atoms with Gasteiger partial charge in [-0.15, -0.1) is 0 Å². The lowest BCUT2D eigenvalue weighted by molar-refractivity contribution is -0.141. The molecular formula is C27H34ClN3O7. The summed E-state index contributed by atoms with van der Waals surface area (Å²) >= 11 is 5.89. The van der Waals surface area contributed by atoms with Gasteiger partial charge in [0.05, 0.1) is 34.0 Å². The SMILES string of the molecule is COc1cc(C(=O)N2CCN(C[C@H]3CN(C(=O)COc4ccc(Cl)cc4)CCO3)CC2)cc(OC)c1OC. The molecule has 0 spiro atoms. The number of benzene rings is 2. The number of piperazine rings is 1. The van der Waals surface area contributed by atoms with E-state index < -0.39 is 0 Å². The van der Waals surface area contributed by atoms with Gasteiger partial charge in [-0.25, -0.2) is 0 Å². The van der Waals surface area contributed by atoms with Crippen LogP contribution in [0.2, 0.25) is 5.02 Å². The van der Waals surface area contributed by atoms with Gasteiger partial charge < -0.3 is 33.5 Å². The Labute approximate surface area is 227 Å². The molecule has 0 radical (unpaired) electrons. The third-order valence-corrected chi connectivity index (χ3v) is 6.95. The van der Waals surface area contributed by atoms with Gasteiger partial charge in [0.25, 0.3) is 11.8 Å². The van der Waals surface area contributed by atoms with Crippen molar-refractivity contribution in [3.05, 3.63) is 47.0 Å². The maximum absolute atomic E-state index is 13.2. The molecule has 2 aromatic carbocycles. The Kier molecular flexibility index (Phi) is 9.54. The molecule has 0 aromatic heterocycles. The molecule has 1 atom stereocenters. The van der Waals surface area contributed by atoms with Crippen molar-refractivity contribution in [2.45, 2.75) is 6.10 Å². The van der Waals surface area contributed by atoms with E-state index in [0.717, 1.165) is 0 Å². The van der Waals surface area contributed by atoms with Crippen LogP contribution in [-0.4, -0.2) is 113 Å². The second kappa shape index (κ2) is 13.0. The van der Waals surface area contributed by atoms with Gasteiger partial charge in [-0.2, -0.15) is 0 Å². The molecule has 0 N–H and O–H groups in total. The van der Waals surface area contributed by atoms with Crippen LogP contribution in [0.25, 0.3) is 0 Å². The molecule has 2 saturated heterocycles. The Hall–Kier alpha value is -3.21. The highest BCUT2D eigenvalue weighted by Gasteiger charge is 2.29. The normalized spacial score (nSPS) is 18.2. The van der Waals surface area contributed by atoms with Gasteiger partial charge >= 0.3 is 0 Å². The summed E-state index contributed by atoms with van der Waals surface area (Å²) in [6, 6.07) is 10.3. The van der Waals surface area contributed by atoms with Gasteiger partial charge in [0.2, 0.25) is 5.75 Å². The monoisotopic (exact) mass is 547 g/mol. The van der Waals surface area contributed by atoms with E-state index in [9.17, 15) is 9.59 Å². The number of carbonyl (C=O) groups is 2. The number of morpholine rings is 1. The van der Waals surface area contributed by atoms with Crippen LogP contribution in [0, 0.1) is 0 Å². The summed E-state index contributed by atoms with van der Waals surface area (Å²) in [5, 5.41) is 0.617. The van der Waals surface area contributed by atoms with Crippen LogP contribution in [0.5, 0.6) is 23.0 Å². The van der Waals surface area contributed by atoms with Crippen molar-refractivity contribution in [3.8, 4) is 23.0 Å². The van der Waals surface area contributed by atoms with E-state index in [1.54, 1.807) is 41.3 Å². The highest BCUT2D eigenvalue weighted by atomic mass is 35.5. The van der Waals surface area contributed by atoms with Crippen molar-refractivity contribution in [3.63, 3.8) is 0 Å². The molecule has 206 valence electrons. The van der Waals surface area contributed by atoms with E-state index in [-0.39, 0.29) is 24.5 Å². The topological polar surface area (TPSA) is 90.0 Å². The summed E-state index contributed by atoms with van der Waals surface area (Å²) in [6.07, 6.45) is -0.0967. The van der Waals surface area contributed by atoms with Crippen molar-refractivity contribution in [1.82, 2.24) is 14.7 Å². The molecule has 4 rings (SSSR count). The largest absolute Gasteiger partial charge is 0.493 e. The fraction of sp³-hybridized carbons (Fsp3) is 0.481. The number of halogens is 1. The van der Waals surface area contributed by atoms with Crippen LogP contribution < -0.4 is 18.9 Å². The Bertz CT molecular complexity index is 1080. The highest BCUT2D eigenvalue weighted by molar-refractivity contribution is 6.30. The minimum absolute atomic E-state index is 0.0317. The molecule has 0 aliphatic carbocycles. The molecular weight excluding hydrogens is 514 g/mol. The van der Waals surface area contributed by atoms with Crippen LogP contribution in [0.3, 0.4) is 0 Å². The molecule has 2 amide bonds. The average molecular weight is 548 g/mol. The Morgan fingerprint density at radius 3 is 2.18 bits per heavy atom. The quantitative estimate of drug-likeness (QED) is 0.473. The number of hydrogen-bond donors (Lipinski definition) is 0. The van der Waals surface area contributed by atoms with Crippen molar-refractivity contribution in [2.75, 3.05) is 80.4 Å². The van der Waals surface area contributed by atoms with Crippen molar-refractivity contribution >= 4 is 23.4 Å². The summed E-state index contributed by atoms with van der Waals surface area (Å²) in [5.41, 5.74) is 0.485. The lowest BCUT2D eigenvalue weighted by atomic mass is 10.1. The standard InChI is InChI=1S/C27H34ClN3O7/c1-34-23-14-19(15-24(35-2)26(23)36-3)27(33)30-10-8-29(9-11-30)16-22-17-31(12-13-37-22)25(32)18-38-21-6-4-20(28)5-7-21/h4-7,14-15,22H,8-13,16-18H2,1-3H3/t22-/m0/s1. The predicted molar refractivity (Wildman–Crippen MR) is 142 cm³/mol. The van der Waals surface area contributed by atoms with E-state index in [4.69, 9.17) is 35.3 Å². The average Bonchev–Trinajstić information content (AvgIpc) is 2.96. The minimum atomic E-state index is -0.0967. The first kappa shape index (κ1) is 27.8. The Morgan fingerprint density at radius 2 is 1.58 bits per heavy atom. The van der Waals surface area contributed by atoms with Gasteiger partial charge in [-0.3, -0.25) is 14.5 Å². The lowest BCUT2D eigenvalue weighted by Gasteiger charge is -2.39. The Balaban J connectivity index is 1.26. The number of hydrogen-bond acceptors (Lipinski definition) is 8. The first-order valence-electron chi connectivity index (χ1n) is 12.5. The first-order valence-corrected chi connectivity index (χ1v) is 12.9. The summed E-state index contributed by atoms with van der Waals surface area (Å²) in [6.45, 7) is 4.78. The van der Waals surface area contributed by atoms with Crippen molar-refractivity contribution in [2.24, 2.45) is 0 Å². The van der Waals surface area contributed by atoms with Gasteiger partial charge in [-0.1, -0.05) is 11.6 Å². The number of rotatable bonds is 9. The van der Waals surface area contributed by atoms with Gasteiger partial charge in [0, 0.05) is 56.4 Å². The third-order valence-electron chi connectivity index (χ3n) is 6.70. The van der Waals surface area contributed by atoms with Crippen LogP contribution in [0.15, 0.2) is 36.4 Å². The third kappa shape index (κ3) is 6.80. The number of amides is 2. The maximum Gasteiger partial charge on any atom is 0.260 e. The van der Waals surface area contributed by atoms with Crippen LogP contribution >= 0.6 is 11.6 Å². The van der Waals surface area contributed by atoms with E-state index in [1.807, 2.05) is 4.90 Å².